The highest BCUT2D eigenvalue weighted by Gasteiger charge is 2.28. The molecule has 1 heterocycles. The molecule has 0 saturated carbocycles. The molecule has 0 aromatic heterocycles. The largest absolute Gasteiger partial charge is 0.352 e. The lowest BCUT2D eigenvalue weighted by Crippen LogP contribution is -2.51. The number of carbonyl (C=O) groups excluding carboxylic acids is 2. The van der Waals surface area contributed by atoms with Gasteiger partial charge in [0.2, 0.25) is 11.8 Å². The molecule has 1 atom stereocenters. The zero-order valence-electron chi connectivity index (χ0n) is 11.0. The van der Waals surface area contributed by atoms with Crippen molar-refractivity contribution in [1.29, 1.82) is 0 Å². The number of β-lactam (4-membered cyclic amide) rings is 1. The Balaban J connectivity index is 2.32. The summed E-state index contributed by atoms with van der Waals surface area (Å²) in [7, 11) is 0. The van der Waals surface area contributed by atoms with Crippen LogP contribution in [0.2, 0.25) is 0 Å². The van der Waals surface area contributed by atoms with E-state index in [0.29, 0.717) is 12.8 Å². The molecular formula is C13H24N2O2. The number of carbonyl (C=O) groups is 2. The van der Waals surface area contributed by atoms with Crippen molar-refractivity contribution in [3.05, 3.63) is 0 Å². The highest BCUT2D eigenvalue weighted by molar-refractivity contribution is 5.86. The van der Waals surface area contributed by atoms with Crippen LogP contribution >= 0.6 is 0 Å². The van der Waals surface area contributed by atoms with Crippen molar-refractivity contribution in [1.82, 2.24) is 10.2 Å². The lowest BCUT2D eigenvalue weighted by molar-refractivity contribution is -0.135. The predicted molar refractivity (Wildman–Crippen MR) is 67.6 cm³/mol. The Bertz CT molecular complexity index is 250. The molecule has 0 bridgehead atoms. The smallest absolute Gasteiger partial charge is 0.224 e. The van der Waals surface area contributed by atoms with Crippen LogP contribution in [0, 0.1) is 0 Å². The molecular weight excluding hydrogens is 216 g/mol. The maximum atomic E-state index is 12.0. The first-order valence-electron chi connectivity index (χ1n) is 6.74. The van der Waals surface area contributed by atoms with E-state index in [-0.39, 0.29) is 17.9 Å². The molecule has 0 aliphatic carbocycles. The molecule has 0 spiro atoms. The molecule has 1 rings (SSSR count). The van der Waals surface area contributed by atoms with Crippen LogP contribution in [0.1, 0.15) is 52.4 Å². The van der Waals surface area contributed by atoms with Crippen molar-refractivity contribution in [2.75, 3.05) is 13.1 Å². The molecule has 1 N–H and O–H groups in total. The molecule has 1 aliphatic heterocycles. The normalized spacial score (nSPS) is 18.5. The van der Waals surface area contributed by atoms with E-state index in [0.717, 1.165) is 38.8 Å². The maximum Gasteiger partial charge on any atom is 0.224 e. The summed E-state index contributed by atoms with van der Waals surface area (Å²) in [6, 6.07) is 0.0840. The molecule has 17 heavy (non-hydrogen) atoms. The first kappa shape index (κ1) is 14.0. The van der Waals surface area contributed by atoms with E-state index in [1.165, 1.54) is 0 Å². The van der Waals surface area contributed by atoms with Crippen LogP contribution in [0.15, 0.2) is 0 Å². The van der Waals surface area contributed by atoms with Crippen LogP contribution in [-0.2, 0) is 9.59 Å². The van der Waals surface area contributed by atoms with Crippen LogP contribution in [-0.4, -0.2) is 35.8 Å². The summed E-state index contributed by atoms with van der Waals surface area (Å²) in [5.41, 5.74) is 0. The fourth-order valence-electron chi connectivity index (χ4n) is 1.95. The van der Waals surface area contributed by atoms with Gasteiger partial charge < -0.3 is 10.2 Å². The summed E-state index contributed by atoms with van der Waals surface area (Å²) in [6.45, 7) is 5.98. The topological polar surface area (TPSA) is 49.4 Å². The second kappa shape index (κ2) is 7.30. The minimum absolute atomic E-state index is 0.0662. The minimum Gasteiger partial charge on any atom is -0.352 e. The molecule has 1 saturated heterocycles. The number of hydrogen-bond acceptors (Lipinski definition) is 2. The van der Waals surface area contributed by atoms with Gasteiger partial charge in [0, 0.05) is 32.0 Å². The molecule has 4 heteroatoms. The second-order valence-electron chi connectivity index (χ2n) is 4.76. The van der Waals surface area contributed by atoms with Crippen LogP contribution < -0.4 is 5.32 Å². The minimum atomic E-state index is 0.0662. The third kappa shape index (κ3) is 4.75. The molecule has 2 amide bonds. The van der Waals surface area contributed by atoms with Crippen LogP contribution in [0.4, 0.5) is 0 Å². The highest BCUT2D eigenvalue weighted by Crippen LogP contribution is 2.11. The van der Waals surface area contributed by atoms with Gasteiger partial charge in [-0.05, 0) is 12.8 Å². The zero-order chi connectivity index (χ0) is 12.7. The summed E-state index contributed by atoms with van der Waals surface area (Å²) in [5, 5.41) is 2.75. The van der Waals surface area contributed by atoms with Gasteiger partial charge in [0.15, 0.2) is 0 Å². The van der Waals surface area contributed by atoms with Gasteiger partial charge in [-0.2, -0.15) is 0 Å². The molecule has 98 valence electrons. The fourth-order valence-corrected chi connectivity index (χ4v) is 1.95. The zero-order valence-corrected chi connectivity index (χ0v) is 11.0. The molecule has 1 fully saturated rings. The summed E-state index contributed by atoms with van der Waals surface area (Å²) in [5.74, 6) is 0.258. The summed E-state index contributed by atoms with van der Waals surface area (Å²) >= 11 is 0. The molecule has 1 unspecified atom stereocenters. The fraction of sp³-hybridized carbons (Fsp3) is 0.846. The van der Waals surface area contributed by atoms with Crippen molar-refractivity contribution < 1.29 is 9.59 Å². The number of hydrogen-bond donors (Lipinski definition) is 1. The van der Waals surface area contributed by atoms with Gasteiger partial charge in [-0.3, -0.25) is 9.59 Å². The van der Waals surface area contributed by atoms with E-state index >= 15 is 0 Å². The first-order valence-corrected chi connectivity index (χ1v) is 6.74. The van der Waals surface area contributed by atoms with Crippen molar-refractivity contribution >= 4 is 11.8 Å². The van der Waals surface area contributed by atoms with Crippen LogP contribution in [0.5, 0.6) is 0 Å². The van der Waals surface area contributed by atoms with Crippen molar-refractivity contribution in [2.45, 2.75) is 58.4 Å². The Morgan fingerprint density at radius 1 is 1.29 bits per heavy atom. The lowest BCUT2D eigenvalue weighted by Gasteiger charge is -2.29. The second-order valence-corrected chi connectivity index (χ2v) is 4.76. The quantitative estimate of drug-likeness (QED) is 0.656. The van der Waals surface area contributed by atoms with E-state index in [4.69, 9.17) is 0 Å². The monoisotopic (exact) mass is 240 g/mol. The first-order chi connectivity index (χ1) is 8.17. The van der Waals surface area contributed by atoms with E-state index in [1.807, 2.05) is 4.90 Å². The summed E-state index contributed by atoms with van der Waals surface area (Å²) in [6.07, 6.45) is 5.32. The van der Waals surface area contributed by atoms with Gasteiger partial charge in [0.05, 0.1) is 0 Å². The number of rotatable bonds is 8. The van der Waals surface area contributed by atoms with E-state index in [1.54, 1.807) is 0 Å². The van der Waals surface area contributed by atoms with E-state index < -0.39 is 0 Å². The molecule has 0 aromatic rings. The Morgan fingerprint density at radius 3 is 2.24 bits per heavy atom. The van der Waals surface area contributed by atoms with Crippen LogP contribution in [0.25, 0.3) is 0 Å². The van der Waals surface area contributed by atoms with Crippen molar-refractivity contribution in [3.8, 4) is 0 Å². The van der Waals surface area contributed by atoms with Gasteiger partial charge in [0.25, 0.3) is 0 Å². The molecule has 0 radical (unpaired) electrons. The Labute approximate surface area is 104 Å². The van der Waals surface area contributed by atoms with E-state index in [2.05, 4.69) is 19.2 Å². The van der Waals surface area contributed by atoms with Gasteiger partial charge in [0.1, 0.15) is 0 Å². The van der Waals surface area contributed by atoms with Crippen molar-refractivity contribution in [3.63, 3.8) is 0 Å². The molecule has 1 aliphatic rings. The average molecular weight is 240 g/mol. The Kier molecular flexibility index (Phi) is 6.01. The summed E-state index contributed by atoms with van der Waals surface area (Å²) in [4.78, 5) is 24.8. The SMILES string of the molecule is CCCCN(CCCC)C(=O)CC1CC(=O)N1. The summed E-state index contributed by atoms with van der Waals surface area (Å²) < 4.78 is 0. The van der Waals surface area contributed by atoms with Crippen LogP contribution in [0.3, 0.4) is 0 Å². The lowest BCUT2D eigenvalue weighted by atomic mass is 10.0. The van der Waals surface area contributed by atoms with Crippen molar-refractivity contribution in [2.24, 2.45) is 0 Å². The number of nitrogens with one attached hydrogen (secondary N) is 1. The Hall–Kier alpha value is -1.06. The predicted octanol–water partition coefficient (Wildman–Crippen LogP) is 1.69. The number of unbranched alkanes of at least 4 members (excludes halogenated alkanes) is 2. The van der Waals surface area contributed by atoms with Gasteiger partial charge >= 0.3 is 0 Å². The number of nitrogens with zero attached hydrogens (tertiary/aromatic N) is 1. The van der Waals surface area contributed by atoms with Gasteiger partial charge in [-0.15, -0.1) is 0 Å². The van der Waals surface area contributed by atoms with E-state index in [9.17, 15) is 9.59 Å². The van der Waals surface area contributed by atoms with Gasteiger partial charge in [-0.25, -0.2) is 0 Å². The molecule has 4 nitrogen and oxygen atoms in total. The third-order valence-electron chi connectivity index (χ3n) is 3.13. The third-order valence-corrected chi connectivity index (χ3v) is 3.13. The average Bonchev–Trinajstić information content (AvgIpc) is 2.27. The Morgan fingerprint density at radius 2 is 1.82 bits per heavy atom. The highest BCUT2D eigenvalue weighted by atomic mass is 16.2. The standard InChI is InChI=1S/C13H24N2O2/c1-3-5-7-15(8-6-4-2)13(17)10-11-9-12(16)14-11/h11H,3-10H2,1-2H3,(H,14,16). The molecule has 0 aromatic carbocycles. The number of amides is 2. The maximum absolute atomic E-state index is 12.0. The van der Waals surface area contributed by atoms with Gasteiger partial charge in [-0.1, -0.05) is 26.7 Å².